The molecule has 0 saturated heterocycles. The molecule has 1 aromatic rings. The first-order valence-corrected chi connectivity index (χ1v) is 7.62. The summed E-state index contributed by atoms with van der Waals surface area (Å²) in [6.45, 7) is 2.01. The fraction of sp³-hybridized carbons (Fsp3) is 0.500. The van der Waals surface area contributed by atoms with Gasteiger partial charge in [0.05, 0.1) is 12.9 Å². The highest BCUT2D eigenvalue weighted by Gasteiger charge is 2.12. The quantitative estimate of drug-likeness (QED) is 0.851. The lowest BCUT2D eigenvalue weighted by atomic mass is 10.2. The smallest absolute Gasteiger partial charge is 0.169 e. The molecular weight excluding hydrogens is 257 g/mol. The number of nitrogens with one attached hydrogen (secondary N) is 1. The van der Waals surface area contributed by atoms with E-state index in [1.165, 1.54) is 13.4 Å². The molecule has 0 aliphatic rings. The molecule has 1 atom stereocenters. The third-order valence-electron chi connectivity index (χ3n) is 2.46. The number of ether oxygens (including phenoxy) is 1. The van der Waals surface area contributed by atoms with Crippen molar-refractivity contribution in [3.8, 4) is 5.75 Å². The Balaban J connectivity index is 2.64. The topological polar surface area (TPSA) is 55.4 Å². The van der Waals surface area contributed by atoms with Gasteiger partial charge in [-0.1, -0.05) is 12.1 Å². The Labute approximate surface area is 107 Å². The molecule has 4 nitrogen and oxygen atoms in total. The Kier molecular flexibility index (Phi) is 5.10. The van der Waals surface area contributed by atoms with E-state index >= 15 is 0 Å². The Hall–Kier alpha value is -1.14. The third-order valence-corrected chi connectivity index (χ3v) is 3.56. The van der Waals surface area contributed by atoms with Gasteiger partial charge in [0, 0.05) is 24.4 Å². The second kappa shape index (κ2) is 6.15. The number of methoxy groups -OCH3 is 1. The molecule has 0 unspecified atom stereocenters. The van der Waals surface area contributed by atoms with Crippen molar-refractivity contribution in [1.29, 1.82) is 0 Å². The lowest BCUT2D eigenvalue weighted by Gasteiger charge is -2.13. The maximum atomic E-state index is 13.8. The van der Waals surface area contributed by atoms with E-state index in [0.29, 0.717) is 5.56 Å². The summed E-state index contributed by atoms with van der Waals surface area (Å²) in [5.74, 6) is -0.206. The highest BCUT2D eigenvalue weighted by Crippen LogP contribution is 2.19. The monoisotopic (exact) mass is 275 g/mol. The van der Waals surface area contributed by atoms with Crippen LogP contribution in [-0.4, -0.2) is 33.6 Å². The van der Waals surface area contributed by atoms with Crippen LogP contribution in [-0.2, 0) is 16.4 Å². The van der Waals surface area contributed by atoms with E-state index < -0.39 is 15.7 Å². The van der Waals surface area contributed by atoms with Crippen LogP contribution in [0.5, 0.6) is 5.75 Å². The zero-order valence-corrected chi connectivity index (χ0v) is 11.6. The van der Waals surface area contributed by atoms with E-state index in [1.54, 1.807) is 25.1 Å². The predicted molar refractivity (Wildman–Crippen MR) is 69.0 cm³/mol. The van der Waals surface area contributed by atoms with Gasteiger partial charge in [0.15, 0.2) is 11.6 Å². The summed E-state index contributed by atoms with van der Waals surface area (Å²) in [7, 11) is -1.63. The zero-order chi connectivity index (χ0) is 13.8. The van der Waals surface area contributed by atoms with E-state index in [1.807, 2.05) is 0 Å². The van der Waals surface area contributed by atoms with Crippen molar-refractivity contribution in [2.24, 2.45) is 0 Å². The molecule has 102 valence electrons. The first kappa shape index (κ1) is 14.9. The number of hydrogen-bond donors (Lipinski definition) is 1. The molecule has 0 spiro atoms. The predicted octanol–water partition coefficient (Wildman–Crippen LogP) is 1.36. The van der Waals surface area contributed by atoms with Gasteiger partial charge in [-0.3, -0.25) is 0 Å². The maximum absolute atomic E-state index is 13.8. The van der Waals surface area contributed by atoms with E-state index in [0.717, 1.165) is 0 Å². The Bertz CT molecular complexity index is 502. The standard InChI is InChI=1S/C12H18FNO3S/c1-9(8-18(3,15)16)14-7-10-5-4-6-11(17-2)12(10)13/h4-6,9,14H,7-8H2,1-3H3/t9-/m1/s1. The number of sulfone groups is 1. The SMILES string of the molecule is COc1cccc(CN[C@H](C)CS(C)(=O)=O)c1F. The summed E-state index contributed by atoms with van der Waals surface area (Å²) >= 11 is 0. The second-order valence-electron chi connectivity index (χ2n) is 4.31. The van der Waals surface area contributed by atoms with Crippen LogP contribution in [0.3, 0.4) is 0 Å². The minimum Gasteiger partial charge on any atom is -0.494 e. The van der Waals surface area contributed by atoms with Crippen LogP contribution >= 0.6 is 0 Å². The van der Waals surface area contributed by atoms with Crippen molar-refractivity contribution in [2.75, 3.05) is 19.1 Å². The number of hydrogen-bond acceptors (Lipinski definition) is 4. The van der Waals surface area contributed by atoms with Crippen LogP contribution in [0.2, 0.25) is 0 Å². The average molecular weight is 275 g/mol. The Morgan fingerprint density at radius 2 is 2.11 bits per heavy atom. The zero-order valence-electron chi connectivity index (χ0n) is 10.7. The number of rotatable bonds is 6. The molecule has 0 amide bonds. The van der Waals surface area contributed by atoms with E-state index in [4.69, 9.17) is 4.74 Å². The highest BCUT2D eigenvalue weighted by atomic mass is 32.2. The van der Waals surface area contributed by atoms with Crippen LogP contribution in [0, 0.1) is 5.82 Å². The highest BCUT2D eigenvalue weighted by molar-refractivity contribution is 7.90. The van der Waals surface area contributed by atoms with Gasteiger partial charge in [-0.25, -0.2) is 12.8 Å². The Morgan fingerprint density at radius 3 is 2.67 bits per heavy atom. The summed E-state index contributed by atoms with van der Waals surface area (Å²) in [4.78, 5) is 0. The van der Waals surface area contributed by atoms with Gasteiger partial charge in [-0.2, -0.15) is 0 Å². The largest absolute Gasteiger partial charge is 0.494 e. The number of benzene rings is 1. The molecule has 1 rings (SSSR count). The summed E-state index contributed by atoms with van der Waals surface area (Å²) < 4.78 is 40.8. The molecule has 6 heteroatoms. The molecule has 1 aromatic carbocycles. The minimum absolute atomic E-state index is 0.0264. The molecule has 0 radical (unpaired) electrons. The van der Waals surface area contributed by atoms with Crippen LogP contribution in [0.25, 0.3) is 0 Å². The van der Waals surface area contributed by atoms with Gasteiger partial charge in [0.1, 0.15) is 9.84 Å². The van der Waals surface area contributed by atoms with Gasteiger partial charge in [-0.05, 0) is 13.0 Å². The molecule has 0 heterocycles. The fourth-order valence-corrected chi connectivity index (χ4v) is 2.67. The van der Waals surface area contributed by atoms with Crippen molar-refractivity contribution in [3.63, 3.8) is 0 Å². The van der Waals surface area contributed by atoms with Crippen molar-refractivity contribution < 1.29 is 17.5 Å². The average Bonchev–Trinajstić information content (AvgIpc) is 2.25. The summed E-state index contributed by atoms with van der Waals surface area (Å²) in [6, 6.07) is 4.64. The van der Waals surface area contributed by atoms with Crippen LogP contribution in [0.4, 0.5) is 4.39 Å². The summed E-state index contributed by atoms with van der Waals surface area (Å²) in [5.41, 5.74) is 0.453. The Morgan fingerprint density at radius 1 is 1.44 bits per heavy atom. The van der Waals surface area contributed by atoms with Crippen molar-refractivity contribution in [1.82, 2.24) is 5.32 Å². The number of halogens is 1. The molecule has 18 heavy (non-hydrogen) atoms. The molecule has 1 N–H and O–H groups in total. The van der Waals surface area contributed by atoms with Crippen molar-refractivity contribution in [3.05, 3.63) is 29.6 Å². The lowest BCUT2D eigenvalue weighted by molar-refractivity contribution is 0.383. The van der Waals surface area contributed by atoms with Gasteiger partial charge in [0.2, 0.25) is 0 Å². The normalized spacial score (nSPS) is 13.3. The van der Waals surface area contributed by atoms with E-state index in [2.05, 4.69) is 5.32 Å². The summed E-state index contributed by atoms with van der Waals surface area (Å²) in [6.07, 6.45) is 1.18. The molecular formula is C12H18FNO3S. The fourth-order valence-electron chi connectivity index (χ4n) is 1.65. The first-order valence-electron chi connectivity index (χ1n) is 5.56. The van der Waals surface area contributed by atoms with Crippen LogP contribution in [0.15, 0.2) is 18.2 Å². The van der Waals surface area contributed by atoms with Gasteiger partial charge >= 0.3 is 0 Å². The van der Waals surface area contributed by atoms with Gasteiger partial charge in [-0.15, -0.1) is 0 Å². The van der Waals surface area contributed by atoms with Gasteiger partial charge in [0.25, 0.3) is 0 Å². The molecule has 0 aliphatic heterocycles. The van der Waals surface area contributed by atoms with Crippen molar-refractivity contribution in [2.45, 2.75) is 19.5 Å². The first-order chi connectivity index (χ1) is 8.33. The van der Waals surface area contributed by atoms with Crippen LogP contribution in [0.1, 0.15) is 12.5 Å². The van der Waals surface area contributed by atoms with Crippen molar-refractivity contribution >= 4 is 9.84 Å². The summed E-state index contributed by atoms with van der Waals surface area (Å²) in [5, 5.41) is 2.97. The lowest BCUT2D eigenvalue weighted by Crippen LogP contribution is -2.32. The third kappa shape index (κ3) is 4.62. The molecule has 0 aliphatic carbocycles. The molecule has 0 fully saturated rings. The van der Waals surface area contributed by atoms with Crippen LogP contribution < -0.4 is 10.1 Å². The van der Waals surface area contributed by atoms with Gasteiger partial charge < -0.3 is 10.1 Å². The molecule has 0 saturated carbocycles. The van der Waals surface area contributed by atoms with E-state index in [-0.39, 0.29) is 24.1 Å². The maximum Gasteiger partial charge on any atom is 0.169 e. The minimum atomic E-state index is -3.03. The van der Waals surface area contributed by atoms with E-state index in [9.17, 15) is 12.8 Å². The second-order valence-corrected chi connectivity index (χ2v) is 6.49. The molecule has 0 bridgehead atoms. The molecule has 0 aromatic heterocycles.